The van der Waals surface area contributed by atoms with Gasteiger partial charge in [-0.3, -0.25) is 0 Å². The van der Waals surface area contributed by atoms with Crippen molar-refractivity contribution in [2.24, 2.45) is 0 Å². The maximum absolute atomic E-state index is 11.8. The van der Waals surface area contributed by atoms with Crippen LogP contribution in [0.3, 0.4) is 0 Å². The topological polar surface area (TPSA) is 41.1 Å². The number of rotatable bonds is 3. The standard InChI is InChI=1S/C15H20N2OS/c1-19-14-9-5-8-13(10-14)17-15(18)16-11-12-6-3-2-4-7-12/h5,8-11H,2-4,6-7H2,1H3,(H2,16,17,18). The van der Waals surface area contributed by atoms with Gasteiger partial charge in [-0.1, -0.05) is 18.1 Å². The summed E-state index contributed by atoms with van der Waals surface area (Å²) >= 11 is 1.66. The van der Waals surface area contributed by atoms with Crippen molar-refractivity contribution in [2.45, 2.75) is 37.0 Å². The van der Waals surface area contributed by atoms with Crippen molar-refractivity contribution >= 4 is 23.5 Å². The molecule has 0 aromatic heterocycles. The average molecular weight is 276 g/mol. The average Bonchev–Trinajstić information content (AvgIpc) is 2.46. The Morgan fingerprint density at radius 3 is 2.79 bits per heavy atom. The van der Waals surface area contributed by atoms with E-state index in [0.29, 0.717) is 0 Å². The second-order valence-electron chi connectivity index (χ2n) is 4.69. The van der Waals surface area contributed by atoms with Gasteiger partial charge in [-0.2, -0.15) is 0 Å². The Hall–Kier alpha value is -1.42. The van der Waals surface area contributed by atoms with E-state index < -0.39 is 0 Å². The van der Waals surface area contributed by atoms with Crippen LogP contribution in [0.25, 0.3) is 0 Å². The number of allylic oxidation sites excluding steroid dienone is 1. The molecule has 0 spiro atoms. The van der Waals surface area contributed by atoms with Crippen LogP contribution in [0.1, 0.15) is 32.1 Å². The number of hydrogen-bond donors (Lipinski definition) is 2. The quantitative estimate of drug-likeness (QED) is 0.804. The van der Waals surface area contributed by atoms with Gasteiger partial charge in [0.15, 0.2) is 0 Å². The fraction of sp³-hybridized carbons (Fsp3) is 0.400. The molecule has 1 aliphatic carbocycles. The van der Waals surface area contributed by atoms with Crippen LogP contribution in [0.4, 0.5) is 10.5 Å². The Morgan fingerprint density at radius 2 is 2.05 bits per heavy atom. The molecule has 0 aliphatic heterocycles. The van der Waals surface area contributed by atoms with Crippen molar-refractivity contribution in [1.82, 2.24) is 5.32 Å². The fourth-order valence-electron chi connectivity index (χ4n) is 2.19. The largest absolute Gasteiger partial charge is 0.323 e. The highest BCUT2D eigenvalue weighted by atomic mass is 32.2. The van der Waals surface area contributed by atoms with Gasteiger partial charge in [0.2, 0.25) is 0 Å². The van der Waals surface area contributed by atoms with Crippen LogP contribution in [0.2, 0.25) is 0 Å². The molecule has 19 heavy (non-hydrogen) atoms. The molecule has 0 atom stereocenters. The molecule has 4 heteroatoms. The van der Waals surface area contributed by atoms with E-state index in [4.69, 9.17) is 0 Å². The first-order valence-electron chi connectivity index (χ1n) is 6.67. The Kier molecular flexibility index (Phi) is 5.33. The third-order valence-electron chi connectivity index (χ3n) is 3.23. The molecule has 3 nitrogen and oxygen atoms in total. The predicted molar refractivity (Wildman–Crippen MR) is 81.5 cm³/mol. The molecule has 1 saturated carbocycles. The number of thioether (sulfide) groups is 1. The van der Waals surface area contributed by atoms with E-state index in [1.165, 1.54) is 24.8 Å². The molecule has 1 aliphatic rings. The minimum absolute atomic E-state index is 0.170. The normalized spacial score (nSPS) is 14.9. The second kappa shape index (κ2) is 7.24. The van der Waals surface area contributed by atoms with Gasteiger partial charge in [-0.25, -0.2) is 4.79 Å². The van der Waals surface area contributed by atoms with Crippen molar-refractivity contribution < 1.29 is 4.79 Å². The molecule has 2 rings (SSSR count). The lowest BCUT2D eigenvalue weighted by atomic mass is 9.96. The highest BCUT2D eigenvalue weighted by molar-refractivity contribution is 7.98. The zero-order valence-corrected chi connectivity index (χ0v) is 12.1. The van der Waals surface area contributed by atoms with Gasteiger partial charge in [0.25, 0.3) is 0 Å². The number of nitrogens with one attached hydrogen (secondary N) is 2. The molecule has 1 aromatic rings. The molecule has 2 amide bonds. The maximum Gasteiger partial charge on any atom is 0.323 e. The Balaban J connectivity index is 1.86. The summed E-state index contributed by atoms with van der Waals surface area (Å²) in [6.45, 7) is 0. The zero-order valence-electron chi connectivity index (χ0n) is 11.2. The Labute approximate surface area is 118 Å². The highest BCUT2D eigenvalue weighted by Crippen LogP contribution is 2.22. The first-order valence-corrected chi connectivity index (χ1v) is 7.90. The summed E-state index contributed by atoms with van der Waals surface area (Å²) in [4.78, 5) is 12.9. The van der Waals surface area contributed by atoms with Crippen LogP contribution < -0.4 is 10.6 Å². The van der Waals surface area contributed by atoms with Gasteiger partial charge < -0.3 is 10.6 Å². The summed E-state index contributed by atoms with van der Waals surface area (Å²) in [5, 5.41) is 5.67. The molecular weight excluding hydrogens is 256 g/mol. The number of urea groups is 1. The van der Waals surface area contributed by atoms with Gasteiger partial charge in [0.1, 0.15) is 0 Å². The maximum atomic E-state index is 11.8. The first kappa shape index (κ1) is 14.0. The third-order valence-corrected chi connectivity index (χ3v) is 3.96. The Morgan fingerprint density at radius 1 is 1.26 bits per heavy atom. The number of benzene rings is 1. The van der Waals surface area contributed by atoms with Gasteiger partial charge in [0, 0.05) is 16.8 Å². The third kappa shape index (κ3) is 4.63. The summed E-state index contributed by atoms with van der Waals surface area (Å²) in [5.74, 6) is 0. The van der Waals surface area contributed by atoms with Crippen LogP contribution in [0.5, 0.6) is 0 Å². The minimum atomic E-state index is -0.170. The van der Waals surface area contributed by atoms with Crippen LogP contribution in [-0.2, 0) is 0 Å². The van der Waals surface area contributed by atoms with Gasteiger partial charge in [-0.15, -0.1) is 11.8 Å². The van der Waals surface area contributed by atoms with E-state index in [1.807, 2.05) is 36.7 Å². The molecule has 0 heterocycles. The molecule has 2 N–H and O–H groups in total. The first-order chi connectivity index (χ1) is 9.28. The molecule has 102 valence electrons. The van der Waals surface area contributed by atoms with Gasteiger partial charge in [0.05, 0.1) is 0 Å². The minimum Gasteiger partial charge on any atom is -0.314 e. The van der Waals surface area contributed by atoms with Crippen LogP contribution in [0.15, 0.2) is 40.9 Å². The van der Waals surface area contributed by atoms with Crippen LogP contribution in [-0.4, -0.2) is 12.3 Å². The summed E-state index contributed by atoms with van der Waals surface area (Å²) in [6.07, 6.45) is 9.91. The lowest BCUT2D eigenvalue weighted by Crippen LogP contribution is -2.24. The van der Waals surface area contributed by atoms with Crippen LogP contribution >= 0.6 is 11.8 Å². The van der Waals surface area contributed by atoms with E-state index in [1.54, 1.807) is 11.8 Å². The predicted octanol–water partition coefficient (Wildman–Crippen LogP) is 4.38. The molecule has 1 aromatic carbocycles. The molecule has 1 fully saturated rings. The summed E-state index contributed by atoms with van der Waals surface area (Å²) in [7, 11) is 0. The highest BCUT2D eigenvalue weighted by Gasteiger charge is 2.06. The van der Waals surface area contributed by atoms with Gasteiger partial charge in [-0.05, 0) is 50.1 Å². The molecule has 0 bridgehead atoms. The molecular formula is C15H20N2OS. The van der Waals surface area contributed by atoms with Crippen molar-refractivity contribution in [3.8, 4) is 0 Å². The monoisotopic (exact) mass is 276 g/mol. The molecule has 0 radical (unpaired) electrons. The van der Waals surface area contributed by atoms with E-state index in [-0.39, 0.29) is 6.03 Å². The SMILES string of the molecule is CSc1cccc(NC(=O)NC=C2CCCCC2)c1. The Bertz CT molecular complexity index is 463. The number of amides is 2. The lowest BCUT2D eigenvalue weighted by molar-refractivity contribution is 0.255. The lowest BCUT2D eigenvalue weighted by Gasteiger charge is -2.13. The fourth-order valence-corrected chi connectivity index (χ4v) is 2.65. The van der Waals surface area contributed by atoms with Crippen molar-refractivity contribution in [1.29, 1.82) is 0 Å². The van der Waals surface area contributed by atoms with Gasteiger partial charge >= 0.3 is 6.03 Å². The smallest absolute Gasteiger partial charge is 0.314 e. The number of hydrogen-bond acceptors (Lipinski definition) is 2. The van der Waals surface area contributed by atoms with E-state index in [9.17, 15) is 4.79 Å². The molecule has 0 saturated heterocycles. The van der Waals surface area contributed by atoms with Crippen LogP contribution in [0, 0.1) is 0 Å². The number of carbonyl (C=O) groups excluding carboxylic acids is 1. The summed E-state index contributed by atoms with van der Waals surface area (Å²) < 4.78 is 0. The van der Waals surface area contributed by atoms with E-state index in [2.05, 4.69) is 10.6 Å². The number of carbonyl (C=O) groups is 1. The summed E-state index contributed by atoms with van der Waals surface area (Å²) in [5.41, 5.74) is 2.17. The van der Waals surface area contributed by atoms with E-state index >= 15 is 0 Å². The van der Waals surface area contributed by atoms with Crippen molar-refractivity contribution in [3.63, 3.8) is 0 Å². The molecule has 0 unspecified atom stereocenters. The van der Waals surface area contributed by atoms with E-state index in [0.717, 1.165) is 23.4 Å². The number of anilines is 1. The van der Waals surface area contributed by atoms with Crippen molar-refractivity contribution in [2.75, 3.05) is 11.6 Å². The van der Waals surface area contributed by atoms with Crippen molar-refractivity contribution in [3.05, 3.63) is 36.0 Å². The second-order valence-corrected chi connectivity index (χ2v) is 5.57. The summed E-state index contributed by atoms with van der Waals surface area (Å²) in [6, 6.07) is 7.67. The zero-order chi connectivity index (χ0) is 13.5.